The number of hydrogen-bond acceptors (Lipinski definition) is 5. The van der Waals surface area contributed by atoms with Crippen LogP contribution in [0.5, 0.6) is 0 Å². The zero-order valence-electron chi connectivity index (χ0n) is 11.7. The van der Waals surface area contributed by atoms with E-state index in [2.05, 4.69) is 15.9 Å². The number of thiophene rings is 1. The number of esters is 1. The lowest BCUT2D eigenvalue weighted by Gasteiger charge is -2.15. The standard InChI is InChI=1S/C14H14BrNO4S2/c1-16(22(18,19)14-8-7-12(15)21-14)9-13(17)20-10-11-5-3-2-4-6-11/h2-8H,9-10H2,1H3. The molecular weight excluding hydrogens is 390 g/mol. The molecule has 0 bridgehead atoms. The van der Waals surface area contributed by atoms with Gasteiger partial charge in [0.1, 0.15) is 17.4 Å². The van der Waals surface area contributed by atoms with Crippen molar-refractivity contribution in [3.05, 3.63) is 51.8 Å². The second-order valence-electron chi connectivity index (χ2n) is 4.47. The molecule has 0 N–H and O–H groups in total. The topological polar surface area (TPSA) is 63.7 Å². The van der Waals surface area contributed by atoms with Gasteiger partial charge in [0, 0.05) is 7.05 Å². The van der Waals surface area contributed by atoms with Gasteiger partial charge in [0.15, 0.2) is 0 Å². The highest BCUT2D eigenvalue weighted by molar-refractivity contribution is 9.11. The number of halogens is 1. The maximum Gasteiger partial charge on any atom is 0.321 e. The van der Waals surface area contributed by atoms with E-state index in [1.165, 1.54) is 13.1 Å². The number of rotatable bonds is 6. The number of hydrogen-bond donors (Lipinski definition) is 0. The summed E-state index contributed by atoms with van der Waals surface area (Å²) in [6.07, 6.45) is 0. The van der Waals surface area contributed by atoms with Gasteiger partial charge < -0.3 is 4.74 Å². The Morgan fingerprint density at radius 1 is 1.23 bits per heavy atom. The largest absolute Gasteiger partial charge is 0.460 e. The van der Waals surface area contributed by atoms with E-state index in [1.54, 1.807) is 6.07 Å². The van der Waals surface area contributed by atoms with Crippen molar-refractivity contribution in [2.24, 2.45) is 0 Å². The first-order chi connectivity index (χ1) is 10.4. The lowest BCUT2D eigenvalue weighted by Crippen LogP contribution is -2.32. The normalized spacial score (nSPS) is 11.6. The Kier molecular flexibility index (Phi) is 5.74. The quantitative estimate of drug-likeness (QED) is 0.695. The van der Waals surface area contributed by atoms with Gasteiger partial charge in [-0.2, -0.15) is 4.31 Å². The van der Waals surface area contributed by atoms with E-state index in [0.717, 1.165) is 21.2 Å². The van der Waals surface area contributed by atoms with Crippen LogP contribution in [0, 0.1) is 0 Å². The van der Waals surface area contributed by atoms with Gasteiger partial charge in [-0.05, 0) is 33.6 Å². The molecule has 0 radical (unpaired) electrons. The molecule has 1 heterocycles. The minimum absolute atomic E-state index is 0.123. The Balaban J connectivity index is 1.93. The summed E-state index contributed by atoms with van der Waals surface area (Å²) in [5.74, 6) is -0.592. The first-order valence-corrected chi connectivity index (χ1v) is 9.36. The molecule has 1 aromatic heterocycles. The predicted octanol–water partition coefficient (Wildman–Crippen LogP) is 2.87. The molecule has 118 valence electrons. The first-order valence-electron chi connectivity index (χ1n) is 6.31. The molecule has 0 fully saturated rings. The van der Waals surface area contributed by atoms with Gasteiger partial charge in [-0.25, -0.2) is 8.42 Å². The molecule has 0 saturated heterocycles. The van der Waals surface area contributed by atoms with E-state index in [4.69, 9.17) is 4.74 Å². The van der Waals surface area contributed by atoms with Gasteiger partial charge in [0.25, 0.3) is 10.0 Å². The molecule has 8 heteroatoms. The Labute approximate surface area is 141 Å². The summed E-state index contributed by atoms with van der Waals surface area (Å²) in [6, 6.07) is 12.4. The summed E-state index contributed by atoms with van der Waals surface area (Å²) >= 11 is 4.31. The van der Waals surface area contributed by atoms with Gasteiger partial charge in [0.05, 0.1) is 3.79 Å². The van der Waals surface area contributed by atoms with Crippen LogP contribution in [0.2, 0.25) is 0 Å². The van der Waals surface area contributed by atoms with Crippen molar-refractivity contribution >= 4 is 43.3 Å². The van der Waals surface area contributed by atoms with Crippen LogP contribution in [0.25, 0.3) is 0 Å². The second-order valence-corrected chi connectivity index (χ2v) is 9.20. The molecule has 5 nitrogen and oxygen atoms in total. The monoisotopic (exact) mass is 403 g/mol. The van der Waals surface area contributed by atoms with E-state index < -0.39 is 16.0 Å². The van der Waals surface area contributed by atoms with Crippen molar-refractivity contribution in [1.29, 1.82) is 0 Å². The minimum Gasteiger partial charge on any atom is -0.460 e. The van der Waals surface area contributed by atoms with Crippen LogP contribution < -0.4 is 0 Å². The lowest BCUT2D eigenvalue weighted by molar-refractivity contribution is -0.144. The highest BCUT2D eigenvalue weighted by atomic mass is 79.9. The van der Waals surface area contributed by atoms with E-state index in [-0.39, 0.29) is 17.4 Å². The van der Waals surface area contributed by atoms with E-state index in [9.17, 15) is 13.2 Å². The third-order valence-corrected chi connectivity index (χ3v) is 6.70. The fraction of sp³-hybridized carbons (Fsp3) is 0.214. The molecule has 1 aromatic carbocycles. The molecule has 2 rings (SSSR count). The number of carbonyl (C=O) groups excluding carboxylic acids is 1. The maximum atomic E-state index is 12.3. The summed E-state index contributed by atoms with van der Waals surface area (Å²) < 4.78 is 31.5. The highest BCUT2D eigenvalue weighted by Crippen LogP contribution is 2.27. The first kappa shape index (κ1) is 17.1. The molecule has 0 atom stereocenters. The number of benzene rings is 1. The molecule has 2 aromatic rings. The molecule has 22 heavy (non-hydrogen) atoms. The van der Waals surface area contributed by atoms with Gasteiger partial charge in [-0.3, -0.25) is 4.79 Å². The number of likely N-dealkylation sites (N-methyl/N-ethyl adjacent to an activating group) is 1. The third-order valence-electron chi connectivity index (χ3n) is 2.81. The van der Waals surface area contributed by atoms with E-state index in [0.29, 0.717) is 3.79 Å². The molecule has 0 aliphatic carbocycles. The highest BCUT2D eigenvalue weighted by Gasteiger charge is 2.25. The van der Waals surface area contributed by atoms with E-state index >= 15 is 0 Å². The number of sulfonamides is 1. The SMILES string of the molecule is CN(CC(=O)OCc1ccccc1)S(=O)(=O)c1ccc(Br)s1. The van der Waals surface area contributed by atoms with E-state index in [1.807, 2.05) is 30.3 Å². The van der Waals surface area contributed by atoms with Crippen molar-refractivity contribution in [2.45, 2.75) is 10.8 Å². The van der Waals surface area contributed by atoms with Crippen LogP contribution in [-0.2, 0) is 26.2 Å². The zero-order valence-corrected chi connectivity index (χ0v) is 14.9. The fourth-order valence-corrected chi connectivity index (χ4v) is 4.98. The van der Waals surface area contributed by atoms with Crippen LogP contribution in [0.4, 0.5) is 0 Å². The predicted molar refractivity (Wildman–Crippen MR) is 88.1 cm³/mol. The van der Waals surface area contributed by atoms with Crippen LogP contribution in [0.15, 0.2) is 50.5 Å². The fourth-order valence-electron chi connectivity index (χ4n) is 1.64. The summed E-state index contributed by atoms with van der Waals surface area (Å²) in [6.45, 7) is -0.206. The van der Waals surface area contributed by atoms with Crippen molar-refractivity contribution in [3.63, 3.8) is 0 Å². The van der Waals surface area contributed by atoms with Crippen LogP contribution >= 0.6 is 27.3 Å². The van der Waals surface area contributed by atoms with Crippen molar-refractivity contribution in [2.75, 3.05) is 13.6 Å². The zero-order chi connectivity index (χ0) is 16.2. The third kappa shape index (κ3) is 4.39. The lowest BCUT2D eigenvalue weighted by atomic mass is 10.2. The summed E-state index contributed by atoms with van der Waals surface area (Å²) in [4.78, 5) is 11.8. The average molecular weight is 404 g/mol. The van der Waals surface area contributed by atoms with Gasteiger partial charge in [-0.15, -0.1) is 11.3 Å². The summed E-state index contributed by atoms with van der Waals surface area (Å²) in [5, 5.41) is 0. The van der Waals surface area contributed by atoms with Gasteiger partial charge in [-0.1, -0.05) is 30.3 Å². The number of ether oxygens (including phenoxy) is 1. The Morgan fingerprint density at radius 2 is 1.91 bits per heavy atom. The molecule has 0 aliphatic heterocycles. The van der Waals surface area contributed by atoms with Crippen LogP contribution in [0.1, 0.15) is 5.56 Å². The molecule has 0 unspecified atom stereocenters. The van der Waals surface area contributed by atoms with Crippen molar-refractivity contribution in [3.8, 4) is 0 Å². The van der Waals surface area contributed by atoms with Crippen LogP contribution in [0.3, 0.4) is 0 Å². The Bertz CT molecular complexity index is 743. The smallest absolute Gasteiger partial charge is 0.321 e. The molecule has 0 amide bonds. The number of carbonyl (C=O) groups is 1. The average Bonchev–Trinajstić information content (AvgIpc) is 2.93. The van der Waals surface area contributed by atoms with Crippen molar-refractivity contribution < 1.29 is 17.9 Å². The number of nitrogens with zero attached hydrogens (tertiary/aromatic N) is 1. The summed E-state index contributed by atoms with van der Waals surface area (Å²) in [7, 11) is -2.32. The Morgan fingerprint density at radius 3 is 2.50 bits per heavy atom. The maximum absolute atomic E-state index is 12.3. The molecule has 0 saturated carbocycles. The molecule has 0 aliphatic rings. The molecular formula is C14H14BrNO4S2. The van der Waals surface area contributed by atoms with Crippen molar-refractivity contribution in [1.82, 2.24) is 4.31 Å². The van der Waals surface area contributed by atoms with Gasteiger partial charge >= 0.3 is 5.97 Å². The van der Waals surface area contributed by atoms with Gasteiger partial charge in [0.2, 0.25) is 0 Å². The minimum atomic E-state index is -3.68. The molecule has 0 spiro atoms. The Hall–Kier alpha value is -1.22. The van der Waals surface area contributed by atoms with Crippen LogP contribution in [-0.4, -0.2) is 32.3 Å². The summed E-state index contributed by atoms with van der Waals surface area (Å²) in [5.41, 5.74) is 0.851. The second kappa shape index (κ2) is 7.36.